The van der Waals surface area contributed by atoms with E-state index in [1.54, 1.807) is 0 Å². The fourth-order valence-corrected chi connectivity index (χ4v) is 6.03. The molecule has 0 saturated heterocycles. The van der Waals surface area contributed by atoms with Crippen molar-refractivity contribution in [3.05, 3.63) is 48.6 Å². The quantitative estimate of drug-likeness (QED) is 0.0219. The van der Waals surface area contributed by atoms with Crippen molar-refractivity contribution in [2.45, 2.75) is 168 Å². The first-order valence-electron chi connectivity index (χ1n) is 20.9. The lowest BCUT2D eigenvalue weighted by atomic mass is 10.1. The normalized spacial score (nSPS) is 14.2. The van der Waals surface area contributed by atoms with Gasteiger partial charge < -0.3 is 18.9 Å². The van der Waals surface area contributed by atoms with Gasteiger partial charge in [0, 0.05) is 12.8 Å². The van der Waals surface area contributed by atoms with E-state index < -0.39 is 26.5 Å². The summed E-state index contributed by atoms with van der Waals surface area (Å²) in [6.45, 7) is 4.33. The number of hydrogen-bond acceptors (Lipinski definition) is 7. The predicted molar refractivity (Wildman–Crippen MR) is 220 cm³/mol. The van der Waals surface area contributed by atoms with Crippen molar-refractivity contribution in [2.24, 2.45) is 0 Å². The molecule has 2 atom stereocenters. The van der Waals surface area contributed by atoms with E-state index >= 15 is 0 Å². The molecule has 0 rings (SSSR count). The van der Waals surface area contributed by atoms with Crippen LogP contribution in [0.5, 0.6) is 0 Å². The van der Waals surface area contributed by atoms with Crippen molar-refractivity contribution in [1.29, 1.82) is 0 Å². The molecule has 0 radical (unpaired) electrons. The molecule has 0 aromatic rings. The number of esters is 2. The molecule has 0 amide bonds. The topological polar surface area (TPSA) is 108 Å². The van der Waals surface area contributed by atoms with Crippen molar-refractivity contribution >= 4 is 19.8 Å². The molecule has 9 nitrogen and oxygen atoms in total. The zero-order valence-corrected chi connectivity index (χ0v) is 35.4. The van der Waals surface area contributed by atoms with Crippen LogP contribution in [0, 0.1) is 0 Å². The second kappa shape index (κ2) is 35.7. The third-order valence-electron chi connectivity index (χ3n) is 8.61. The summed E-state index contributed by atoms with van der Waals surface area (Å²) >= 11 is 0. The zero-order valence-electron chi connectivity index (χ0n) is 34.5. The zero-order chi connectivity index (χ0) is 39.3. The van der Waals surface area contributed by atoms with Crippen LogP contribution in [0.25, 0.3) is 0 Å². The van der Waals surface area contributed by atoms with Crippen molar-refractivity contribution in [3.63, 3.8) is 0 Å². The highest BCUT2D eigenvalue weighted by Gasteiger charge is 2.27. The molecular formula is C43H79NO8P+. The van der Waals surface area contributed by atoms with Crippen LogP contribution in [0.3, 0.4) is 0 Å². The molecule has 53 heavy (non-hydrogen) atoms. The Balaban J connectivity index is 4.44. The lowest BCUT2D eigenvalue weighted by Gasteiger charge is -2.24. The summed E-state index contributed by atoms with van der Waals surface area (Å²) in [6.07, 6.45) is 40.2. The van der Waals surface area contributed by atoms with E-state index in [1.165, 1.54) is 70.6 Å². The van der Waals surface area contributed by atoms with Gasteiger partial charge in [0.05, 0.1) is 27.7 Å². The van der Waals surface area contributed by atoms with E-state index in [9.17, 15) is 19.0 Å². The lowest BCUT2D eigenvalue weighted by Crippen LogP contribution is -2.37. The van der Waals surface area contributed by atoms with Crippen molar-refractivity contribution in [2.75, 3.05) is 47.5 Å². The SMILES string of the molecule is CCCCC/C=C/C/C=C/C/C=C/C/C=C/CCCCCC(=O)O[C@H](COC(=O)CCCCCCCCCCCC)COP(=O)(O)OCC[N+](C)(C)C. The van der Waals surface area contributed by atoms with Gasteiger partial charge >= 0.3 is 19.8 Å². The number of quaternary nitrogens is 1. The van der Waals surface area contributed by atoms with Crippen LogP contribution in [-0.2, 0) is 32.7 Å². The van der Waals surface area contributed by atoms with E-state index in [0.717, 1.165) is 57.8 Å². The smallest absolute Gasteiger partial charge is 0.462 e. The molecule has 0 bridgehead atoms. The molecule has 0 spiro atoms. The third kappa shape index (κ3) is 39.5. The van der Waals surface area contributed by atoms with Crippen molar-refractivity contribution in [3.8, 4) is 0 Å². The Morgan fingerprint density at radius 2 is 1.02 bits per heavy atom. The number of unbranched alkanes of at least 4 members (excludes halogenated alkanes) is 15. The van der Waals surface area contributed by atoms with Crippen LogP contribution in [0.4, 0.5) is 0 Å². The Bertz CT molecular complexity index is 1050. The van der Waals surface area contributed by atoms with E-state index in [-0.39, 0.29) is 32.0 Å². The Morgan fingerprint density at radius 3 is 1.55 bits per heavy atom. The van der Waals surface area contributed by atoms with Gasteiger partial charge in [0.1, 0.15) is 19.8 Å². The van der Waals surface area contributed by atoms with Gasteiger partial charge in [-0.15, -0.1) is 0 Å². The van der Waals surface area contributed by atoms with Crippen LogP contribution < -0.4 is 0 Å². The monoisotopic (exact) mass is 769 g/mol. The summed E-state index contributed by atoms with van der Waals surface area (Å²) in [5.41, 5.74) is 0. The van der Waals surface area contributed by atoms with Crippen LogP contribution in [0.1, 0.15) is 162 Å². The first-order chi connectivity index (χ1) is 25.5. The van der Waals surface area contributed by atoms with E-state index in [0.29, 0.717) is 17.4 Å². The van der Waals surface area contributed by atoms with Gasteiger partial charge in [-0.3, -0.25) is 18.6 Å². The minimum absolute atomic E-state index is 0.0244. The summed E-state index contributed by atoms with van der Waals surface area (Å²) < 4.78 is 34.2. The number of phosphoric ester groups is 1. The highest BCUT2D eigenvalue weighted by Crippen LogP contribution is 2.43. The summed E-state index contributed by atoms with van der Waals surface area (Å²) in [4.78, 5) is 35.2. The molecule has 0 saturated carbocycles. The highest BCUT2D eigenvalue weighted by molar-refractivity contribution is 7.47. The summed E-state index contributed by atoms with van der Waals surface area (Å²) in [5.74, 6) is -0.838. The average Bonchev–Trinajstić information content (AvgIpc) is 3.10. The number of rotatable bonds is 37. The summed E-state index contributed by atoms with van der Waals surface area (Å²) in [5, 5.41) is 0. The third-order valence-corrected chi connectivity index (χ3v) is 9.60. The number of nitrogens with zero attached hydrogens (tertiary/aromatic N) is 1. The number of allylic oxidation sites excluding steroid dienone is 8. The maximum Gasteiger partial charge on any atom is 0.472 e. The van der Waals surface area contributed by atoms with Crippen LogP contribution >= 0.6 is 7.82 Å². The van der Waals surface area contributed by atoms with Gasteiger partial charge in [0.25, 0.3) is 0 Å². The maximum atomic E-state index is 12.6. The number of carbonyl (C=O) groups excluding carboxylic acids is 2. The lowest BCUT2D eigenvalue weighted by molar-refractivity contribution is -0.870. The van der Waals surface area contributed by atoms with Crippen LogP contribution in [-0.4, -0.2) is 74.9 Å². The largest absolute Gasteiger partial charge is 0.472 e. The molecule has 1 N–H and O–H groups in total. The van der Waals surface area contributed by atoms with Gasteiger partial charge in [0.15, 0.2) is 6.10 Å². The van der Waals surface area contributed by atoms with Gasteiger partial charge in [0.2, 0.25) is 0 Å². The molecule has 0 aliphatic rings. The standard InChI is InChI=1S/C43H78NO8P/c1-6-8-10-12-14-16-18-19-20-21-22-23-24-25-26-28-30-32-34-36-43(46)52-41(40-51-53(47,48)50-38-37-44(3,4)5)39-49-42(45)35-33-31-29-27-17-15-13-11-9-7-2/h14,16,19-20,22-23,25-26,41H,6-13,15,17-18,21,24,27-40H2,1-5H3/p+1/b16-14+,20-19+,23-22+,26-25+/t41-/m1/s1. The minimum Gasteiger partial charge on any atom is -0.462 e. The molecule has 0 aromatic carbocycles. The van der Waals surface area contributed by atoms with Crippen LogP contribution in [0.2, 0.25) is 0 Å². The first kappa shape index (κ1) is 51.0. The van der Waals surface area contributed by atoms with E-state index in [1.807, 2.05) is 21.1 Å². The number of hydrogen-bond donors (Lipinski definition) is 1. The first-order valence-corrected chi connectivity index (χ1v) is 22.4. The van der Waals surface area contributed by atoms with E-state index in [4.69, 9.17) is 18.5 Å². The number of likely N-dealkylation sites (N-methyl/N-ethyl adjacent to an activating group) is 1. The molecule has 0 aromatic heterocycles. The Hall–Kier alpha value is -2.03. The molecule has 1 unspecified atom stereocenters. The van der Waals surface area contributed by atoms with Crippen LogP contribution in [0.15, 0.2) is 48.6 Å². The molecule has 0 heterocycles. The highest BCUT2D eigenvalue weighted by atomic mass is 31.2. The number of phosphoric acid groups is 1. The molecule has 308 valence electrons. The fraction of sp³-hybridized carbons (Fsp3) is 0.767. The average molecular weight is 769 g/mol. The molecule has 10 heteroatoms. The van der Waals surface area contributed by atoms with Crippen molar-refractivity contribution < 1.29 is 42.1 Å². The van der Waals surface area contributed by atoms with Gasteiger partial charge in [-0.1, -0.05) is 140 Å². The second-order valence-corrected chi connectivity index (χ2v) is 16.5. The Kier molecular flexibility index (Phi) is 34.3. The Labute approximate surface area is 324 Å². The van der Waals surface area contributed by atoms with Gasteiger partial charge in [-0.2, -0.15) is 0 Å². The fourth-order valence-electron chi connectivity index (χ4n) is 5.29. The predicted octanol–water partition coefficient (Wildman–Crippen LogP) is 11.5. The van der Waals surface area contributed by atoms with Gasteiger partial charge in [-0.25, -0.2) is 4.57 Å². The molecule has 0 fully saturated rings. The molecular weight excluding hydrogens is 689 g/mol. The van der Waals surface area contributed by atoms with E-state index in [2.05, 4.69) is 62.5 Å². The Morgan fingerprint density at radius 1 is 0.585 bits per heavy atom. The summed E-state index contributed by atoms with van der Waals surface area (Å²) in [6, 6.07) is 0. The van der Waals surface area contributed by atoms with Crippen molar-refractivity contribution in [1.82, 2.24) is 0 Å². The molecule has 0 aliphatic carbocycles. The minimum atomic E-state index is -4.38. The number of carbonyl (C=O) groups is 2. The second-order valence-electron chi connectivity index (χ2n) is 15.0. The molecule has 0 aliphatic heterocycles. The maximum absolute atomic E-state index is 12.6. The van der Waals surface area contributed by atoms with Gasteiger partial charge in [-0.05, 0) is 57.8 Å². The number of ether oxygens (including phenoxy) is 2. The summed E-state index contributed by atoms with van der Waals surface area (Å²) in [7, 11) is 1.45.